The number of rotatable bonds is 6. The summed E-state index contributed by atoms with van der Waals surface area (Å²) >= 11 is 0. The number of imidazole rings is 1. The van der Waals surface area contributed by atoms with Crippen LogP contribution < -0.4 is 10.6 Å². The zero-order valence-electron chi connectivity index (χ0n) is 11.9. The maximum atomic E-state index is 13.3. The van der Waals surface area contributed by atoms with Crippen LogP contribution in [-0.4, -0.2) is 29.1 Å². The van der Waals surface area contributed by atoms with Gasteiger partial charge in [0.2, 0.25) is 5.91 Å². The number of hydrogen-bond acceptors (Lipinski definition) is 3. The van der Waals surface area contributed by atoms with Crippen LogP contribution in [0.15, 0.2) is 24.3 Å². The van der Waals surface area contributed by atoms with Crippen LogP contribution in [0.4, 0.5) is 8.78 Å². The summed E-state index contributed by atoms with van der Waals surface area (Å²) in [4.78, 5) is 15.9. The molecule has 1 heterocycles. The Kier molecular flexibility index (Phi) is 4.85. The van der Waals surface area contributed by atoms with Gasteiger partial charge in [-0.25, -0.2) is 4.98 Å². The van der Waals surface area contributed by atoms with Crippen LogP contribution in [0, 0.1) is 0 Å². The molecule has 1 atom stereocenters. The molecule has 2 rings (SSSR count). The molecule has 0 saturated heterocycles. The molecule has 5 nitrogen and oxygen atoms in total. The van der Waals surface area contributed by atoms with Gasteiger partial charge in [0.15, 0.2) is 0 Å². The minimum atomic E-state index is -2.70. The molecular weight excluding hydrogens is 278 g/mol. The van der Waals surface area contributed by atoms with Crippen molar-refractivity contribution in [3.63, 3.8) is 0 Å². The summed E-state index contributed by atoms with van der Waals surface area (Å²) in [6, 6.07) is 6.10. The molecule has 1 amide bonds. The van der Waals surface area contributed by atoms with Crippen LogP contribution in [0.25, 0.3) is 11.0 Å². The summed E-state index contributed by atoms with van der Waals surface area (Å²) in [6.07, 6.45) is 0.287. The average Bonchev–Trinajstić information content (AvgIpc) is 2.84. The van der Waals surface area contributed by atoms with Crippen molar-refractivity contribution in [3.05, 3.63) is 30.1 Å². The first-order valence-electron chi connectivity index (χ1n) is 6.73. The molecule has 7 heteroatoms. The zero-order chi connectivity index (χ0) is 15.4. The number of hydrogen-bond donors (Lipinski definition) is 2. The van der Waals surface area contributed by atoms with E-state index < -0.39 is 12.6 Å². The summed E-state index contributed by atoms with van der Waals surface area (Å²) in [5.74, 6) is -0.0475. The van der Waals surface area contributed by atoms with Crippen molar-refractivity contribution < 1.29 is 13.6 Å². The van der Waals surface area contributed by atoms with Gasteiger partial charge in [-0.1, -0.05) is 12.1 Å². The highest BCUT2D eigenvalue weighted by molar-refractivity contribution is 5.78. The number of aromatic nitrogens is 2. The van der Waals surface area contributed by atoms with Crippen LogP contribution in [-0.2, 0) is 4.79 Å². The van der Waals surface area contributed by atoms with E-state index in [1.165, 1.54) is 0 Å². The molecule has 0 aliphatic carbocycles. The van der Waals surface area contributed by atoms with Gasteiger partial charge in [0.25, 0.3) is 0 Å². The lowest BCUT2D eigenvalue weighted by Crippen LogP contribution is -2.30. The van der Waals surface area contributed by atoms with Gasteiger partial charge in [-0.2, -0.15) is 8.78 Å². The van der Waals surface area contributed by atoms with E-state index in [2.05, 4.69) is 15.6 Å². The van der Waals surface area contributed by atoms with Gasteiger partial charge in [0.05, 0.1) is 17.1 Å². The van der Waals surface area contributed by atoms with E-state index in [0.29, 0.717) is 17.6 Å². The summed E-state index contributed by atoms with van der Waals surface area (Å²) in [5, 5.41) is 5.55. The van der Waals surface area contributed by atoms with Crippen molar-refractivity contribution >= 4 is 16.9 Å². The number of nitrogens with zero attached hydrogens (tertiary/aromatic N) is 2. The Morgan fingerprint density at radius 3 is 2.76 bits per heavy atom. The van der Waals surface area contributed by atoms with Crippen molar-refractivity contribution in [3.8, 4) is 0 Å². The Morgan fingerprint density at radius 2 is 2.10 bits per heavy atom. The maximum absolute atomic E-state index is 13.3. The lowest BCUT2D eigenvalue weighted by atomic mass is 10.3. The molecule has 0 bridgehead atoms. The highest BCUT2D eigenvalue weighted by Crippen LogP contribution is 2.26. The van der Waals surface area contributed by atoms with Crippen LogP contribution in [0.2, 0.25) is 0 Å². The van der Waals surface area contributed by atoms with Crippen molar-refractivity contribution in [2.45, 2.75) is 25.9 Å². The number of alkyl halides is 2. The maximum Gasteiger partial charge on any atom is 0.320 e. The summed E-state index contributed by atoms with van der Waals surface area (Å²) < 4.78 is 27.4. The fourth-order valence-corrected chi connectivity index (χ4v) is 2.19. The molecule has 0 saturated carbocycles. The first kappa shape index (κ1) is 15.4. The highest BCUT2D eigenvalue weighted by atomic mass is 19.3. The number of fused-ring (bicyclic) bond motifs is 1. The number of para-hydroxylation sites is 2. The number of carbonyl (C=O) groups excluding carboxylic acids is 1. The number of halogens is 2. The first-order valence-corrected chi connectivity index (χ1v) is 6.73. The number of nitrogens with one attached hydrogen (secondary N) is 2. The predicted molar refractivity (Wildman–Crippen MR) is 76.1 cm³/mol. The molecule has 0 aliphatic heterocycles. The van der Waals surface area contributed by atoms with E-state index in [-0.39, 0.29) is 18.2 Å². The molecule has 0 aliphatic rings. The van der Waals surface area contributed by atoms with E-state index >= 15 is 0 Å². The minimum Gasteiger partial charge on any atom is -0.346 e. The van der Waals surface area contributed by atoms with Gasteiger partial charge in [-0.3, -0.25) is 9.36 Å². The standard InChI is InChI=1S/C14H18F2N4O/c1-9(18-12(21)7-8-17-2)13-19-10-5-3-4-6-11(10)20(13)14(15)16/h3-6,9,14,17H,7-8H2,1-2H3,(H,18,21). The van der Waals surface area contributed by atoms with E-state index in [1.807, 2.05) is 0 Å². The normalized spacial score (nSPS) is 12.8. The third kappa shape index (κ3) is 3.36. The molecule has 2 aromatic rings. The van der Waals surface area contributed by atoms with Gasteiger partial charge in [-0.15, -0.1) is 0 Å². The second-order valence-electron chi connectivity index (χ2n) is 4.75. The summed E-state index contributed by atoms with van der Waals surface area (Å²) in [7, 11) is 1.74. The third-order valence-electron chi connectivity index (χ3n) is 3.19. The van der Waals surface area contributed by atoms with Crippen molar-refractivity contribution in [1.82, 2.24) is 20.2 Å². The highest BCUT2D eigenvalue weighted by Gasteiger charge is 2.22. The van der Waals surface area contributed by atoms with Crippen LogP contribution in [0.3, 0.4) is 0 Å². The van der Waals surface area contributed by atoms with Crippen LogP contribution in [0.1, 0.15) is 31.8 Å². The van der Waals surface area contributed by atoms with Gasteiger partial charge in [0, 0.05) is 13.0 Å². The smallest absolute Gasteiger partial charge is 0.320 e. The SMILES string of the molecule is CNCCC(=O)NC(C)c1nc2ccccc2n1C(F)F. The molecule has 2 N–H and O–H groups in total. The molecule has 114 valence electrons. The Bertz CT molecular complexity index is 626. The molecule has 21 heavy (non-hydrogen) atoms. The quantitative estimate of drug-likeness (QED) is 0.859. The molecule has 1 aromatic carbocycles. The Morgan fingerprint density at radius 1 is 1.38 bits per heavy atom. The fourth-order valence-electron chi connectivity index (χ4n) is 2.19. The van der Waals surface area contributed by atoms with Gasteiger partial charge < -0.3 is 10.6 Å². The Hall–Kier alpha value is -2.02. The fraction of sp³-hybridized carbons (Fsp3) is 0.429. The van der Waals surface area contributed by atoms with E-state index in [1.54, 1.807) is 38.2 Å². The molecule has 0 radical (unpaired) electrons. The van der Waals surface area contributed by atoms with Crippen molar-refractivity contribution in [1.29, 1.82) is 0 Å². The number of benzene rings is 1. The topological polar surface area (TPSA) is 59.0 Å². The Balaban J connectivity index is 2.28. The number of amides is 1. The number of carbonyl (C=O) groups is 1. The van der Waals surface area contributed by atoms with Crippen molar-refractivity contribution in [2.24, 2.45) is 0 Å². The Labute approximate surface area is 121 Å². The molecule has 0 spiro atoms. The van der Waals surface area contributed by atoms with Crippen LogP contribution in [0.5, 0.6) is 0 Å². The van der Waals surface area contributed by atoms with Gasteiger partial charge in [0.1, 0.15) is 5.82 Å². The zero-order valence-corrected chi connectivity index (χ0v) is 11.9. The second kappa shape index (κ2) is 6.62. The summed E-state index contributed by atoms with van der Waals surface area (Å²) in [5.41, 5.74) is 0.850. The predicted octanol–water partition coefficient (Wildman–Crippen LogP) is 2.22. The second-order valence-corrected chi connectivity index (χ2v) is 4.75. The molecule has 1 aromatic heterocycles. The monoisotopic (exact) mass is 296 g/mol. The summed E-state index contributed by atoms with van der Waals surface area (Å²) in [6.45, 7) is -0.523. The van der Waals surface area contributed by atoms with Crippen molar-refractivity contribution in [2.75, 3.05) is 13.6 Å². The van der Waals surface area contributed by atoms with E-state index in [0.717, 1.165) is 4.57 Å². The van der Waals surface area contributed by atoms with E-state index in [4.69, 9.17) is 0 Å². The van der Waals surface area contributed by atoms with Gasteiger partial charge in [-0.05, 0) is 26.1 Å². The first-order chi connectivity index (χ1) is 10.0. The minimum absolute atomic E-state index is 0.156. The largest absolute Gasteiger partial charge is 0.346 e. The lowest BCUT2D eigenvalue weighted by molar-refractivity contribution is -0.121. The van der Waals surface area contributed by atoms with Gasteiger partial charge >= 0.3 is 6.55 Å². The molecular formula is C14H18F2N4O. The molecule has 0 fully saturated rings. The lowest BCUT2D eigenvalue weighted by Gasteiger charge is -2.15. The average molecular weight is 296 g/mol. The third-order valence-corrected chi connectivity index (χ3v) is 3.19. The van der Waals surface area contributed by atoms with E-state index in [9.17, 15) is 13.6 Å². The van der Waals surface area contributed by atoms with Crippen LogP contribution >= 0.6 is 0 Å². The molecule has 1 unspecified atom stereocenters.